The van der Waals surface area contributed by atoms with Crippen molar-refractivity contribution in [2.75, 3.05) is 11.9 Å². The van der Waals surface area contributed by atoms with Gasteiger partial charge in [0.1, 0.15) is 12.1 Å². The lowest BCUT2D eigenvalue weighted by Crippen LogP contribution is -2.19. The first kappa shape index (κ1) is 15.7. The number of fused-ring (bicyclic) bond motifs is 1. The molecule has 0 spiro atoms. The predicted molar refractivity (Wildman–Crippen MR) is 93.9 cm³/mol. The maximum absolute atomic E-state index is 6.02. The van der Waals surface area contributed by atoms with E-state index in [1.54, 1.807) is 6.33 Å². The second-order valence-corrected chi connectivity index (χ2v) is 6.42. The third-order valence-corrected chi connectivity index (χ3v) is 4.04. The van der Waals surface area contributed by atoms with Crippen LogP contribution in [0.5, 0.6) is 0 Å². The van der Waals surface area contributed by atoms with Crippen molar-refractivity contribution in [3.8, 4) is 0 Å². The molecule has 0 bridgehead atoms. The summed E-state index contributed by atoms with van der Waals surface area (Å²) in [5, 5.41) is 9.59. The monoisotopic (exact) mass is 329 g/mol. The molecule has 0 aliphatic heterocycles. The number of benzene rings is 1. The number of nitrogens with one attached hydrogen (secondary N) is 1. The van der Waals surface area contributed by atoms with Gasteiger partial charge in [-0.3, -0.25) is 4.68 Å². The minimum Gasteiger partial charge on any atom is -0.369 e. The van der Waals surface area contributed by atoms with E-state index in [2.05, 4.69) is 45.0 Å². The quantitative estimate of drug-likeness (QED) is 0.772. The molecule has 5 nitrogen and oxygen atoms in total. The topological polar surface area (TPSA) is 55.6 Å². The van der Waals surface area contributed by atoms with Crippen LogP contribution in [0.4, 0.5) is 5.82 Å². The first-order chi connectivity index (χ1) is 11.0. The summed E-state index contributed by atoms with van der Waals surface area (Å²) in [6, 6.07) is 7.76. The zero-order chi connectivity index (χ0) is 16.4. The standard InChI is InChI=1S/C17H20ClN5/c1-11(9-23-13(3)6-12(2)22-23)8-19-17-15-5-4-14(18)7-16(15)20-10-21-17/h4-7,10-11H,8-9H2,1-3H3,(H,19,20,21). The van der Waals surface area contributed by atoms with E-state index in [9.17, 15) is 0 Å². The van der Waals surface area contributed by atoms with Gasteiger partial charge in [-0.2, -0.15) is 5.10 Å². The molecule has 2 aromatic heterocycles. The molecule has 1 unspecified atom stereocenters. The van der Waals surface area contributed by atoms with Crippen LogP contribution in [0.2, 0.25) is 5.02 Å². The molecule has 0 saturated carbocycles. The Morgan fingerprint density at radius 1 is 1.22 bits per heavy atom. The van der Waals surface area contributed by atoms with Gasteiger partial charge in [0.15, 0.2) is 0 Å². The van der Waals surface area contributed by atoms with Gasteiger partial charge in [-0.25, -0.2) is 9.97 Å². The molecule has 1 atom stereocenters. The Labute approximate surface area is 140 Å². The minimum absolute atomic E-state index is 0.422. The summed E-state index contributed by atoms with van der Waals surface area (Å²) in [5.74, 6) is 1.26. The Kier molecular flexibility index (Phi) is 4.48. The fourth-order valence-corrected chi connectivity index (χ4v) is 2.83. The zero-order valence-corrected chi connectivity index (χ0v) is 14.3. The van der Waals surface area contributed by atoms with Crippen LogP contribution >= 0.6 is 11.6 Å². The molecule has 0 amide bonds. The number of aromatic nitrogens is 4. The van der Waals surface area contributed by atoms with Crippen LogP contribution in [-0.2, 0) is 6.54 Å². The number of rotatable bonds is 5. The van der Waals surface area contributed by atoms with Crippen molar-refractivity contribution in [1.82, 2.24) is 19.7 Å². The molecule has 3 aromatic rings. The fourth-order valence-electron chi connectivity index (χ4n) is 2.66. The van der Waals surface area contributed by atoms with Crippen LogP contribution in [0.3, 0.4) is 0 Å². The molecule has 2 heterocycles. The SMILES string of the molecule is Cc1cc(C)n(CC(C)CNc2ncnc3cc(Cl)ccc23)n1. The molecule has 120 valence electrons. The van der Waals surface area contributed by atoms with Crippen molar-refractivity contribution in [1.29, 1.82) is 0 Å². The first-order valence-corrected chi connectivity index (χ1v) is 8.06. The fraction of sp³-hybridized carbons (Fsp3) is 0.353. The van der Waals surface area contributed by atoms with E-state index < -0.39 is 0 Å². The van der Waals surface area contributed by atoms with Gasteiger partial charge in [0.25, 0.3) is 0 Å². The summed E-state index contributed by atoms with van der Waals surface area (Å²) >= 11 is 6.02. The van der Waals surface area contributed by atoms with Crippen LogP contribution in [0.25, 0.3) is 10.9 Å². The van der Waals surface area contributed by atoms with E-state index >= 15 is 0 Å². The molecule has 0 aliphatic rings. The molecule has 1 N–H and O–H groups in total. The third kappa shape index (κ3) is 3.62. The largest absolute Gasteiger partial charge is 0.369 e. The van der Waals surface area contributed by atoms with Gasteiger partial charge < -0.3 is 5.32 Å². The van der Waals surface area contributed by atoms with Crippen molar-refractivity contribution in [2.45, 2.75) is 27.3 Å². The number of aryl methyl sites for hydroxylation is 2. The van der Waals surface area contributed by atoms with Gasteiger partial charge in [0, 0.05) is 29.2 Å². The van der Waals surface area contributed by atoms with Crippen molar-refractivity contribution in [2.24, 2.45) is 5.92 Å². The average Bonchev–Trinajstić information content (AvgIpc) is 2.82. The number of nitrogens with zero attached hydrogens (tertiary/aromatic N) is 4. The lowest BCUT2D eigenvalue weighted by atomic mass is 10.1. The van der Waals surface area contributed by atoms with E-state index in [0.717, 1.165) is 35.5 Å². The average molecular weight is 330 g/mol. The molecular formula is C17H20ClN5. The van der Waals surface area contributed by atoms with E-state index in [4.69, 9.17) is 11.6 Å². The Morgan fingerprint density at radius 2 is 2.04 bits per heavy atom. The molecule has 0 saturated heterocycles. The molecule has 3 rings (SSSR count). The summed E-state index contributed by atoms with van der Waals surface area (Å²) in [6.07, 6.45) is 1.56. The maximum atomic E-state index is 6.02. The van der Waals surface area contributed by atoms with Crippen molar-refractivity contribution < 1.29 is 0 Å². The first-order valence-electron chi connectivity index (χ1n) is 7.68. The summed E-state index contributed by atoms with van der Waals surface area (Å²) in [6.45, 7) is 7.99. The molecule has 0 fully saturated rings. The van der Waals surface area contributed by atoms with Gasteiger partial charge >= 0.3 is 0 Å². The smallest absolute Gasteiger partial charge is 0.137 e. The minimum atomic E-state index is 0.422. The molecular weight excluding hydrogens is 310 g/mol. The summed E-state index contributed by atoms with van der Waals surface area (Å²) in [7, 11) is 0. The normalized spacial score (nSPS) is 12.5. The highest BCUT2D eigenvalue weighted by Gasteiger charge is 2.09. The van der Waals surface area contributed by atoms with Gasteiger partial charge in [0.05, 0.1) is 11.2 Å². The second kappa shape index (κ2) is 6.54. The van der Waals surface area contributed by atoms with Gasteiger partial charge in [-0.1, -0.05) is 18.5 Å². The lowest BCUT2D eigenvalue weighted by molar-refractivity contribution is 0.458. The second-order valence-electron chi connectivity index (χ2n) is 5.98. The molecule has 0 radical (unpaired) electrons. The molecule has 0 aliphatic carbocycles. The highest BCUT2D eigenvalue weighted by Crippen LogP contribution is 2.22. The number of hydrogen-bond donors (Lipinski definition) is 1. The Morgan fingerprint density at radius 3 is 2.78 bits per heavy atom. The van der Waals surface area contributed by atoms with Crippen molar-refractivity contribution >= 4 is 28.3 Å². The third-order valence-electron chi connectivity index (χ3n) is 3.80. The van der Waals surface area contributed by atoms with Gasteiger partial charge in [-0.05, 0) is 44.0 Å². The molecule has 23 heavy (non-hydrogen) atoms. The van der Waals surface area contributed by atoms with E-state index in [1.165, 1.54) is 5.69 Å². The summed E-state index contributed by atoms with van der Waals surface area (Å²) in [5.41, 5.74) is 3.10. The van der Waals surface area contributed by atoms with E-state index in [1.807, 2.05) is 25.1 Å². The molecule has 1 aromatic carbocycles. The van der Waals surface area contributed by atoms with Crippen molar-refractivity contribution in [3.63, 3.8) is 0 Å². The Hall–Kier alpha value is -2.14. The number of hydrogen-bond acceptors (Lipinski definition) is 4. The van der Waals surface area contributed by atoms with Gasteiger partial charge in [-0.15, -0.1) is 0 Å². The van der Waals surface area contributed by atoms with Crippen LogP contribution in [0.15, 0.2) is 30.6 Å². The van der Waals surface area contributed by atoms with Gasteiger partial charge in [0.2, 0.25) is 0 Å². The van der Waals surface area contributed by atoms with Crippen LogP contribution in [0, 0.1) is 19.8 Å². The Bertz CT molecular complexity index is 827. The summed E-state index contributed by atoms with van der Waals surface area (Å²) < 4.78 is 2.06. The van der Waals surface area contributed by atoms with Crippen LogP contribution in [-0.4, -0.2) is 26.3 Å². The lowest BCUT2D eigenvalue weighted by Gasteiger charge is -2.15. The summed E-state index contributed by atoms with van der Waals surface area (Å²) in [4.78, 5) is 8.61. The van der Waals surface area contributed by atoms with Crippen LogP contribution < -0.4 is 5.32 Å². The van der Waals surface area contributed by atoms with E-state index in [-0.39, 0.29) is 0 Å². The van der Waals surface area contributed by atoms with Crippen LogP contribution in [0.1, 0.15) is 18.3 Å². The van der Waals surface area contributed by atoms with E-state index in [0.29, 0.717) is 10.9 Å². The van der Waals surface area contributed by atoms with Crippen molar-refractivity contribution in [3.05, 3.63) is 47.0 Å². The Balaban J connectivity index is 1.69. The molecule has 6 heteroatoms. The highest BCUT2D eigenvalue weighted by atomic mass is 35.5. The highest BCUT2D eigenvalue weighted by molar-refractivity contribution is 6.31. The zero-order valence-electron chi connectivity index (χ0n) is 13.5. The number of anilines is 1. The maximum Gasteiger partial charge on any atom is 0.137 e. The number of halogens is 1. The predicted octanol–water partition coefficient (Wildman–Crippen LogP) is 3.84.